The van der Waals surface area contributed by atoms with E-state index in [9.17, 15) is 9.59 Å². The monoisotopic (exact) mass is 431 g/mol. The third-order valence-electron chi connectivity index (χ3n) is 2.23. The van der Waals surface area contributed by atoms with Gasteiger partial charge in [0.05, 0.1) is 37.1 Å². The first kappa shape index (κ1) is 20.8. The summed E-state index contributed by atoms with van der Waals surface area (Å²) in [6.07, 6.45) is 0. The number of hydrogen-bond acceptors (Lipinski definition) is 5. The molecule has 0 unspecified atom stereocenters. The summed E-state index contributed by atoms with van der Waals surface area (Å²) in [7, 11) is 0. The van der Waals surface area contributed by atoms with Crippen molar-refractivity contribution in [2.24, 2.45) is 0 Å². The van der Waals surface area contributed by atoms with Gasteiger partial charge >= 0.3 is 0 Å². The quantitative estimate of drug-likeness (QED) is 0.257. The first-order chi connectivity index (χ1) is 10.2. The minimum absolute atomic E-state index is 0.0406. The zero-order valence-corrected chi connectivity index (χ0v) is 15.1. The maximum atomic E-state index is 10.9. The molecule has 3 N–H and O–H groups in total. The first-order valence-corrected chi connectivity index (χ1v) is 8.96. The number of amides is 2. The van der Waals surface area contributed by atoms with Crippen molar-refractivity contribution in [1.82, 2.24) is 16.0 Å². The number of nitrogens with one attached hydrogen (secondary N) is 3. The predicted molar refractivity (Wildman–Crippen MR) is 88.1 cm³/mol. The topological polar surface area (TPSA) is 88.7 Å². The molecule has 0 aliphatic rings. The SMILES string of the molecule is O=C(CBr)NCCOCCNCCOCCNC(=O)CBr. The van der Waals surface area contributed by atoms with Gasteiger partial charge in [0.2, 0.25) is 11.8 Å². The second kappa shape index (κ2) is 16.2. The van der Waals surface area contributed by atoms with Crippen molar-refractivity contribution in [1.29, 1.82) is 0 Å². The van der Waals surface area contributed by atoms with Crippen molar-refractivity contribution in [3.8, 4) is 0 Å². The Morgan fingerprint density at radius 1 is 0.714 bits per heavy atom. The molecule has 0 aromatic heterocycles. The van der Waals surface area contributed by atoms with E-state index in [2.05, 4.69) is 47.8 Å². The summed E-state index contributed by atoms with van der Waals surface area (Å²) in [5.74, 6) is -0.0811. The van der Waals surface area contributed by atoms with Gasteiger partial charge in [0.15, 0.2) is 0 Å². The van der Waals surface area contributed by atoms with Crippen LogP contribution in [0.1, 0.15) is 0 Å². The molecule has 0 aromatic carbocycles. The van der Waals surface area contributed by atoms with Crippen LogP contribution in [-0.4, -0.2) is 75.1 Å². The summed E-state index contributed by atoms with van der Waals surface area (Å²) in [6.45, 7) is 4.69. The fraction of sp³-hybridized carbons (Fsp3) is 0.833. The third kappa shape index (κ3) is 16.0. The zero-order chi connectivity index (χ0) is 15.8. The molecule has 21 heavy (non-hydrogen) atoms. The molecular weight excluding hydrogens is 410 g/mol. The maximum absolute atomic E-state index is 10.9. The third-order valence-corrected chi connectivity index (χ3v) is 3.24. The minimum Gasteiger partial charge on any atom is -0.378 e. The largest absolute Gasteiger partial charge is 0.378 e. The van der Waals surface area contributed by atoms with Gasteiger partial charge in [-0.25, -0.2) is 0 Å². The fourth-order valence-electron chi connectivity index (χ4n) is 1.24. The van der Waals surface area contributed by atoms with Crippen LogP contribution in [-0.2, 0) is 19.1 Å². The highest BCUT2D eigenvalue weighted by atomic mass is 79.9. The van der Waals surface area contributed by atoms with Crippen molar-refractivity contribution >= 4 is 43.7 Å². The Bertz CT molecular complexity index is 257. The molecule has 0 fully saturated rings. The Labute approximate surface area is 142 Å². The van der Waals surface area contributed by atoms with E-state index < -0.39 is 0 Å². The van der Waals surface area contributed by atoms with E-state index in [-0.39, 0.29) is 11.8 Å². The summed E-state index contributed by atoms with van der Waals surface area (Å²) < 4.78 is 10.7. The zero-order valence-electron chi connectivity index (χ0n) is 12.0. The molecule has 0 aliphatic carbocycles. The van der Waals surface area contributed by atoms with Gasteiger partial charge in [-0.15, -0.1) is 0 Å². The number of alkyl halides is 2. The van der Waals surface area contributed by atoms with Crippen LogP contribution in [0.2, 0.25) is 0 Å². The van der Waals surface area contributed by atoms with Gasteiger partial charge in [-0.05, 0) is 0 Å². The second-order valence-electron chi connectivity index (χ2n) is 3.94. The summed E-state index contributed by atoms with van der Waals surface area (Å²) in [5.41, 5.74) is 0. The van der Waals surface area contributed by atoms with Crippen molar-refractivity contribution in [2.45, 2.75) is 0 Å². The molecule has 0 heterocycles. The molecule has 0 spiro atoms. The molecule has 0 aliphatic heterocycles. The van der Waals surface area contributed by atoms with Crippen molar-refractivity contribution < 1.29 is 19.1 Å². The molecule has 2 amide bonds. The lowest BCUT2D eigenvalue weighted by Gasteiger charge is -2.08. The average molecular weight is 433 g/mol. The summed E-state index contributed by atoms with van der Waals surface area (Å²) >= 11 is 6.12. The molecular formula is C12H23Br2N3O4. The number of hydrogen-bond donors (Lipinski definition) is 3. The van der Waals surface area contributed by atoms with E-state index >= 15 is 0 Å². The molecule has 0 radical (unpaired) electrons. The van der Waals surface area contributed by atoms with Crippen LogP contribution >= 0.6 is 31.9 Å². The normalized spacial score (nSPS) is 10.4. The van der Waals surface area contributed by atoms with Crippen LogP contribution in [0, 0.1) is 0 Å². The number of rotatable bonds is 14. The van der Waals surface area contributed by atoms with Crippen LogP contribution in [0.5, 0.6) is 0 Å². The summed E-state index contributed by atoms with van der Waals surface area (Å²) in [5, 5.41) is 9.18. The standard InChI is InChI=1S/C12H23Br2N3O4/c13-9-11(18)16-3-7-20-5-1-15-2-6-21-8-4-17-12(19)10-14/h15H,1-10H2,(H,16,18)(H,17,19). The summed E-state index contributed by atoms with van der Waals surface area (Å²) in [4.78, 5) is 21.8. The van der Waals surface area contributed by atoms with Crippen molar-refractivity contribution in [3.05, 3.63) is 0 Å². The Morgan fingerprint density at radius 2 is 1.10 bits per heavy atom. The Balaban J connectivity index is 3.06. The van der Waals surface area contributed by atoms with Gasteiger partial charge < -0.3 is 25.4 Å². The Morgan fingerprint density at radius 3 is 1.48 bits per heavy atom. The minimum atomic E-state index is -0.0406. The summed E-state index contributed by atoms with van der Waals surface area (Å²) in [6, 6.07) is 0. The van der Waals surface area contributed by atoms with Gasteiger partial charge in [0, 0.05) is 26.2 Å². The highest BCUT2D eigenvalue weighted by Crippen LogP contribution is 1.80. The van der Waals surface area contributed by atoms with E-state index in [4.69, 9.17) is 9.47 Å². The second-order valence-corrected chi connectivity index (χ2v) is 5.06. The van der Waals surface area contributed by atoms with Gasteiger partial charge in [-0.1, -0.05) is 31.9 Å². The molecule has 124 valence electrons. The Hall–Kier alpha value is -0.220. The molecule has 0 bridgehead atoms. The van der Waals surface area contributed by atoms with Crippen molar-refractivity contribution in [3.63, 3.8) is 0 Å². The van der Waals surface area contributed by atoms with E-state index in [0.29, 0.717) is 50.2 Å². The van der Waals surface area contributed by atoms with E-state index in [1.54, 1.807) is 0 Å². The van der Waals surface area contributed by atoms with E-state index in [0.717, 1.165) is 13.1 Å². The van der Waals surface area contributed by atoms with Crippen LogP contribution in [0.15, 0.2) is 0 Å². The maximum Gasteiger partial charge on any atom is 0.230 e. The van der Waals surface area contributed by atoms with E-state index in [1.807, 2.05) is 0 Å². The number of ether oxygens (including phenoxy) is 2. The van der Waals surface area contributed by atoms with Gasteiger partial charge in [0.25, 0.3) is 0 Å². The predicted octanol–water partition coefficient (Wildman–Crippen LogP) is -0.369. The van der Waals surface area contributed by atoms with Crippen LogP contribution in [0.4, 0.5) is 0 Å². The molecule has 9 heteroatoms. The van der Waals surface area contributed by atoms with Crippen LogP contribution in [0.25, 0.3) is 0 Å². The van der Waals surface area contributed by atoms with Gasteiger partial charge in [0.1, 0.15) is 0 Å². The molecule has 0 saturated heterocycles. The van der Waals surface area contributed by atoms with Crippen LogP contribution < -0.4 is 16.0 Å². The molecule has 0 saturated carbocycles. The highest BCUT2D eigenvalue weighted by Gasteiger charge is 1.97. The van der Waals surface area contributed by atoms with Crippen molar-refractivity contribution in [2.75, 3.05) is 63.3 Å². The smallest absolute Gasteiger partial charge is 0.230 e. The number of carbonyl (C=O) groups excluding carboxylic acids is 2. The van der Waals surface area contributed by atoms with Gasteiger partial charge in [-0.2, -0.15) is 0 Å². The lowest BCUT2D eigenvalue weighted by atomic mass is 10.6. The number of carbonyl (C=O) groups is 2. The molecule has 0 aromatic rings. The Kier molecular flexibility index (Phi) is 16.0. The highest BCUT2D eigenvalue weighted by molar-refractivity contribution is 9.09. The molecule has 7 nitrogen and oxygen atoms in total. The fourth-order valence-corrected chi connectivity index (χ4v) is 1.63. The van der Waals surface area contributed by atoms with Crippen LogP contribution in [0.3, 0.4) is 0 Å². The number of halogens is 2. The first-order valence-electron chi connectivity index (χ1n) is 6.72. The van der Waals surface area contributed by atoms with E-state index in [1.165, 1.54) is 0 Å². The molecule has 0 rings (SSSR count). The lowest BCUT2D eigenvalue weighted by molar-refractivity contribution is -0.119. The lowest BCUT2D eigenvalue weighted by Crippen LogP contribution is -2.30. The van der Waals surface area contributed by atoms with Gasteiger partial charge in [-0.3, -0.25) is 9.59 Å². The average Bonchev–Trinajstić information content (AvgIpc) is 2.51. The molecule has 0 atom stereocenters.